The Morgan fingerprint density at radius 2 is 0.909 bits per heavy atom. The molecular weight excluding hydrogens is 426 g/mol. The summed E-state index contributed by atoms with van der Waals surface area (Å²) in [7, 11) is 0. The van der Waals surface area contributed by atoms with Crippen LogP contribution in [0.2, 0.25) is 5.02 Å². The van der Waals surface area contributed by atoms with Crippen LogP contribution in [-0.2, 0) is 10.8 Å². The average molecular weight is 460 g/mol. The van der Waals surface area contributed by atoms with Crippen LogP contribution in [0.5, 0.6) is 0 Å². The lowest BCUT2D eigenvalue weighted by atomic mass is 9.49. The van der Waals surface area contributed by atoms with Crippen molar-refractivity contribution in [3.8, 4) is 11.4 Å². The SMILES string of the molecule is Clc1ccc(-c2nc(C34CC5CC(CC(C5)C3)C4)nc(C34CC5CC(CC(C5)C3)C4)n2)cc1. The van der Waals surface area contributed by atoms with E-state index in [4.69, 9.17) is 26.6 Å². The standard InChI is InChI=1S/C29H34ClN3/c30-24-3-1-23(2-4-24)25-31-26(28-11-17-5-18(12-28)7-19(6-17)13-28)33-27(32-25)29-14-20-8-21(15-29)10-22(9-20)16-29/h1-4,17-22H,5-16H2. The molecule has 33 heavy (non-hydrogen) atoms. The van der Waals surface area contributed by atoms with Gasteiger partial charge in [0, 0.05) is 21.4 Å². The Labute approximate surface area is 202 Å². The van der Waals surface area contributed by atoms with Crippen LogP contribution >= 0.6 is 11.6 Å². The largest absolute Gasteiger partial charge is 0.217 e. The van der Waals surface area contributed by atoms with Crippen LogP contribution in [-0.4, -0.2) is 15.0 Å². The zero-order valence-corrected chi connectivity index (χ0v) is 20.2. The van der Waals surface area contributed by atoms with Crippen LogP contribution < -0.4 is 0 Å². The minimum Gasteiger partial charge on any atom is -0.217 e. The van der Waals surface area contributed by atoms with Crippen LogP contribution in [0.1, 0.15) is 88.7 Å². The predicted molar refractivity (Wildman–Crippen MR) is 130 cm³/mol. The molecule has 2 aromatic rings. The van der Waals surface area contributed by atoms with E-state index in [-0.39, 0.29) is 10.8 Å². The van der Waals surface area contributed by atoms with Crippen molar-refractivity contribution in [1.29, 1.82) is 0 Å². The molecule has 0 amide bonds. The highest BCUT2D eigenvalue weighted by atomic mass is 35.5. The molecule has 1 heterocycles. The fourth-order valence-corrected chi connectivity index (χ4v) is 10.5. The molecule has 8 fully saturated rings. The van der Waals surface area contributed by atoms with Crippen LogP contribution in [0.3, 0.4) is 0 Å². The molecule has 8 saturated carbocycles. The van der Waals surface area contributed by atoms with Gasteiger partial charge in [0.25, 0.3) is 0 Å². The van der Waals surface area contributed by atoms with Crippen LogP contribution in [0, 0.1) is 35.5 Å². The third kappa shape index (κ3) is 3.03. The number of hydrogen-bond donors (Lipinski definition) is 0. The summed E-state index contributed by atoms with van der Waals surface area (Å²) in [6, 6.07) is 8.17. The molecule has 0 radical (unpaired) electrons. The van der Waals surface area contributed by atoms with Crippen LogP contribution in [0.4, 0.5) is 0 Å². The van der Waals surface area contributed by atoms with Crippen molar-refractivity contribution in [2.75, 3.05) is 0 Å². The van der Waals surface area contributed by atoms with Gasteiger partial charge in [-0.05, 0) is 137 Å². The van der Waals surface area contributed by atoms with Gasteiger partial charge in [-0.15, -0.1) is 0 Å². The molecule has 4 heteroatoms. The number of halogens is 1. The molecule has 0 unspecified atom stereocenters. The zero-order valence-electron chi connectivity index (χ0n) is 19.5. The van der Waals surface area contributed by atoms with Crippen molar-refractivity contribution in [1.82, 2.24) is 15.0 Å². The van der Waals surface area contributed by atoms with Crippen molar-refractivity contribution in [2.24, 2.45) is 35.5 Å². The minimum atomic E-state index is 0.204. The van der Waals surface area contributed by atoms with E-state index in [0.717, 1.165) is 63.6 Å². The lowest BCUT2D eigenvalue weighted by molar-refractivity contribution is -0.0155. The summed E-state index contributed by atoms with van der Waals surface area (Å²) in [6.07, 6.45) is 16.6. The lowest BCUT2D eigenvalue weighted by Crippen LogP contribution is -2.51. The first kappa shape index (κ1) is 19.8. The van der Waals surface area contributed by atoms with E-state index >= 15 is 0 Å². The van der Waals surface area contributed by atoms with Crippen molar-refractivity contribution in [3.63, 3.8) is 0 Å². The highest BCUT2D eigenvalue weighted by molar-refractivity contribution is 6.30. The summed E-state index contributed by atoms with van der Waals surface area (Å²) in [5.41, 5.74) is 1.50. The van der Waals surface area contributed by atoms with Gasteiger partial charge in [-0.2, -0.15) is 0 Å². The first-order valence-electron chi connectivity index (χ1n) is 13.6. The van der Waals surface area contributed by atoms with E-state index in [2.05, 4.69) is 12.1 Å². The zero-order chi connectivity index (χ0) is 21.8. The molecule has 8 aliphatic rings. The van der Waals surface area contributed by atoms with E-state index in [1.165, 1.54) is 77.0 Å². The molecule has 0 N–H and O–H groups in total. The molecule has 0 atom stereocenters. The van der Waals surface area contributed by atoms with Crippen LogP contribution in [0.25, 0.3) is 11.4 Å². The Hall–Kier alpha value is -1.48. The maximum absolute atomic E-state index is 6.23. The fraction of sp³-hybridized carbons (Fsp3) is 0.690. The van der Waals surface area contributed by atoms with E-state index in [0.29, 0.717) is 0 Å². The Morgan fingerprint density at radius 1 is 0.545 bits per heavy atom. The maximum Gasteiger partial charge on any atom is 0.163 e. The third-order valence-corrected chi connectivity index (χ3v) is 11.0. The van der Waals surface area contributed by atoms with Crippen molar-refractivity contribution < 1.29 is 0 Å². The number of rotatable bonds is 3. The maximum atomic E-state index is 6.23. The Kier molecular flexibility index (Phi) is 4.08. The number of benzene rings is 1. The molecular formula is C29H34ClN3. The van der Waals surface area contributed by atoms with E-state index in [1.807, 2.05) is 12.1 Å². The second-order valence-corrected chi connectivity index (χ2v) is 13.6. The third-order valence-electron chi connectivity index (χ3n) is 10.8. The molecule has 3 nitrogen and oxygen atoms in total. The molecule has 1 aromatic heterocycles. The summed E-state index contributed by atoms with van der Waals surface area (Å²) in [5.74, 6) is 8.61. The van der Waals surface area contributed by atoms with Crippen molar-refractivity contribution in [3.05, 3.63) is 40.9 Å². The Balaban J connectivity index is 1.28. The molecule has 8 bridgehead atoms. The van der Waals surface area contributed by atoms with E-state index in [9.17, 15) is 0 Å². The highest BCUT2D eigenvalue weighted by Crippen LogP contribution is 2.62. The molecule has 172 valence electrons. The molecule has 0 spiro atoms. The van der Waals surface area contributed by atoms with Gasteiger partial charge in [-0.3, -0.25) is 0 Å². The molecule has 0 aliphatic heterocycles. The van der Waals surface area contributed by atoms with Crippen molar-refractivity contribution >= 4 is 11.6 Å². The van der Waals surface area contributed by atoms with E-state index < -0.39 is 0 Å². The van der Waals surface area contributed by atoms with Gasteiger partial charge in [0.1, 0.15) is 11.6 Å². The quantitative estimate of drug-likeness (QED) is 0.490. The number of aromatic nitrogens is 3. The summed E-state index contributed by atoms with van der Waals surface area (Å²) in [5, 5.41) is 0.774. The minimum absolute atomic E-state index is 0.204. The summed E-state index contributed by atoms with van der Waals surface area (Å²) >= 11 is 6.23. The molecule has 0 saturated heterocycles. The number of nitrogens with zero attached hydrogens (tertiary/aromatic N) is 3. The summed E-state index contributed by atoms with van der Waals surface area (Å²) in [6.45, 7) is 0. The van der Waals surface area contributed by atoms with Crippen molar-refractivity contribution in [2.45, 2.75) is 87.9 Å². The van der Waals surface area contributed by atoms with Gasteiger partial charge < -0.3 is 0 Å². The second kappa shape index (κ2) is 6.80. The lowest BCUT2D eigenvalue weighted by Gasteiger charge is -2.57. The normalized spacial score (nSPS) is 44.5. The van der Waals surface area contributed by atoms with Gasteiger partial charge in [-0.1, -0.05) is 11.6 Å². The van der Waals surface area contributed by atoms with Gasteiger partial charge in [-0.25, -0.2) is 15.0 Å². The van der Waals surface area contributed by atoms with Gasteiger partial charge in [0.05, 0.1) is 0 Å². The predicted octanol–water partition coefficient (Wildman–Crippen LogP) is 7.13. The van der Waals surface area contributed by atoms with Gasteiger partial charge in [0.15, 0.2) is 5.82 Å². The Morgan fingerprint density at radius 3 is 1.27 bits per heavy atom. The first-order valence-corrected chi connectivity index (χ1v) is 13.9. The van der Waals surface area contributed by atoms with E-state index in [1.54, 1.807) is 0 Å². The van der Waals surface area contributed by atoms with Gasteiger partial charge >= 0.3 is 0 Å². The van der Waals surface area contributed by atoms with Crippen LogP contribution in [0.15, 0.2) is 24.3 Å². The fourth-order valence-electron chi connectivity index (χ4n) is 10.3. The first-order chi connectivity index (χ1) is 16.0. The number of hydrogen-bond acceptors (Lipinski definition) is 3. The van der Waals surface area contributed by atoms with Gasteiger partial charge in [0.2, 0.25) is 0 Å². The average Bonchev–Trinajstić information content (AvgIpc) is 2.77. The highest BCUT2D eigenvalue weighted by Gasteiger charge is 2.56. The topological polar surface area (TPSA) is 38.7 Å². The summed E-state index contributed by atoms with van der Waals surface area (Å²) < 4.78 is 0. The second-order valence-electron chi connectivity index (χ2n) is 13.2. The molecule has 8 aliphatic carbocycles. The smallest absolute Gasteiger partial charge is 0.163 e. The molecule has 1 aromatic carbocycles. The summed E-state index contributed by atoms with van der Waals surface area (Å²) in [4.78, 5) is 16.1. The molecule has 10 rings (SSSR count). The Bertz CT molecular complexity index is 974. The monoisotopic (exact) mass is 459 g/mol.